The fraction of sp³-hybridized carbons (Fsp3) is 0.294. The first kappa shape index (κ1) is 15.4. The maximum Gasteiger partial charge on any atom is 0.228 e. The normalized spacial score (nSPS) is 15.1. The first-order valence-electron chi connectivity index (χ1n) is 8.26. The summed E-state index contributed by atoms with van der Waals surface area (Å²) < 4.78 is 0. The maximum atomic E-state index is 4.57. The monoisotopic (exact) mass is 334 g/mol. The van der Waals surface area contributed by atoms with Gasteiger partial charge in [-0.05, 0) is 18.9 Å². The molecule has 0 saturated carbocycles. The second-order valence-electron chi connectivity index (χ2n) is 5.81. The lowest BCUT2D eigenvalue weighted by molar-refractivity contribution is 0.493. The van der Waals surface area contributed by atoms with E-state index in [2.05, 4.69) is 40.1 Å². The highest BCUT2D eigenvalue weighted by Gasteiger charge is 2.25. The highest BCUT2D eigenvalue weighted by molar-refractivity contribution is 5.51. The molecule has 0 amide bonds. The van der Waals surface area contributed by atoms with Crippen molar-refractivity contribution in [1.82, 2.24) is 29.9 Å². The highest BCUT2D eigenvalue weighted by atomic mass is 15.2. The molecule has 0 spiro atoms. The predicted octanol–water partition coefficient (Wildman–Crippen LogP) is 2.18. The van der Waals surface area contributed by atoms with Gasteiger partial charge in [-0.3, -0.25) is 9.97 Å². The number of aromatic nitrogens is 6. The van der Waals surface area contributed by atoms with Crippen molar-refractivity contribution in [2.45, 2.75) is 18.8 Å². The number of hydrogen-bond donors (Lipinski definition) is 1. The molecule has 0 radical (unpaired) electrons. The number of piperidine rings is 1. The second kappa shape index (κ2) is 7.16. The van der Waals surface area contributed by atoms with Crippen LogP contribution >= 0.6 is 0 Å². The molecule has 0 atom stereocenters. The molecule has 1 saturated heterocycles. The van der Waals surface area contributed by atoms with Gasteiger partial charge in [0.25, 0.3) is 0 Å². The van der Waals surface area contributed by atoms with Crippen LogP contribution in [-0.4, -0.2) is 43.0 Å². The van der Waals surface area contributed by atoms with Crippen molar-refractivity contribution in [2.24, 2.45) is 0 Å². The zero-order chi connectivity index (χ0) is 16.9. The van der Waals surface area contributed by atoms with Gasteiger partial charge in [0.05, 0.1) is 11.9 Å². The molecule has 8 heteroatoms. The minimum absolute atomic E-state index is 0.341. The zero-order valence-electron chi connectivity index (χ0n) is 13.7. The molecule has 4 heterocycles. The third-order valence-corrected chi connectivity index (χ3v) is 4.28. The van der Waals surface area contributed by atoms with Gasteiger partial charge >= 0.3 is 0 Å². The standard InChI is InChI=1S/C17H18N8/c1-4-22-17(23-5-1)24-16-15(20-8-9-21-16)13-2-10-25(11-3-13)14-12-18-6-7-19-14/h1,4-9,12-13H,2-3,10-11H2,(H,21,22,23,24). The van der Waals surface area contributed by atoms with E-state index in [1.807, 2.05) is 6.20 Å². The van der Waals surface area contributed by atoms with E-state index in [1.54, 1.807) is 43.2 Å². The Balaban J connectivity index is 1.48. The van der Waals surface area contributed by atoms with Crippen LogP contribution in [0.1, 0.15) is 24.5 Å². The Hall–Kier alpha value is -3.16. The first-order valence-corrected chi connectivity index (χ1v) is 8.26. The lowest BCUT2D eigenvalue weighted by Gasteiger charge is -2.32. The van der Waals surface area contributed by atoms with Gasteiger partial charge in [0, 0.05) is 56.2 Å². The maximum absolute atomic E-state index is 4.57. The predicted molar refractivity (Wildman–Crippen MR) is 93.6 cm³/mol. The van der Waals surface area contributed by atoms with Gasteiger partial charge in [0.1, 0.15) is 5.82 Å². The van der Waals surface area contributed by atoms with Gasteiger partial charge in [0.15, 0.2) is 5.82 Å². The number of nitrogens with zero attached hydrogens (tertiary/aromatic N) is 7. The van der Waals surface area contributed by atoms with E-state index >= 15 is 0 Å². The fourth-order valence-electron chi connectivity index (χ4n) is 3.05. The Bertz CT molecular complexity index is 803. The summed E-state index contributed by atoms with van der Waals surface area (Å²) in [5.41, 5.74) is 0.966. The second-order valence-corrected chi connectivity index (χ2v) is 5.81. The van der Waals surface area contributed by atoms with E-state index in [9.17, 15) is 0 Å². The molecule has 0 bridgehead atoms. The molecule has 1 aliphatic heterocycles. The van der Waals surface area contributed by atoms with E-state index < -0.39 is 0 Å². The summed E-state index contributed by atoms with van der Waals surface area (Å²) in [7, 11) is 0. The average Bonchev–Trinajstić information content (AvgIpc) is 2.70. The lowest BCUT2D eigenvalue weighted by Crippen LogP contribution is -2.34. The van der Waals surface area contributed by atoms with Crippen molar-refractivity contribution in [2.75, 3.05) is 23.3 Å². The first-order chi connectivity index (χ1) is 12.4. The zero-order valence-corrected chi connectivity index (χ0v) is 13.7. The molecule has 4 rings (SSSR count). The number of hydrogen-bond acceptors (Lipinski definition) is 8. The summed E-state index contributed by atoms with van der Waals surface area (Å²) in [6, 6.07) is 1.78. The van der Waals surface area contributed by atoms with Gasteiger partial charge in [0.2, 0.25) is 5.95 Å². The molecule has 1 fully saturated rings. The fourth-order valence-corrected chi connectivity index (χ4v) is 3.05. The number of anilines is 3. The third-order valence-electron chi connectivity index (χ3n) is 4.28. The van der Waals surface area contributed by atoms with E-state index in [4.69, 9.17) is 0 Å². The van der Waals surface area contributed by atoms with Crippen LogP contribution in [0, 0.1) is 0 Å². The molecule has 3 aromatic rings. The molecule has 0 aromatic carbocycles. The summed E-state index contributed by atoms with van der Waals surface area (Å²) in [5, 5.41) is 3.18. The van der Waals surface area contributed by atoms with Crippen LogP contribution < -0.4 is 10.2 Å². The van der Waals surface area contributed by atoms with Gasteiger partial charge in [-0.2, -0.15) is 0 Å². The van der Waals surface area contributed by atoms with Crippen molar-refractivity contribution in [3.63, 3.8) is 0 Å². The van der Waals surface area contributed by atoms with E-state index in [1.165, 1.54) is 0 Å². The van der Waals surface area contributed by atoms with E-state index in [0.29, 0.717) is 11.9 Å². The van der Waals surface area contributed by atoms with Crippen LogP contribution in [-0.2, 0) is 0 Å². The van der Waals surface area contributed by atoms with Crippen LogP contribution in [0.15, 0.2) is 49.4 Å². The number of rotatable bonds is 4. The third kappa shape index (κ3) is 3.52. The van der Waals surface area contributed by atoms with E-state index in [-0.39, 0.29) is 0 Å². The van der Waals surface area contributed by atoms with E-state index in [0.717, 1.165) is 43.3 Å². The minimum Gasteiger partial charge on any atom is -0.355 e. The summed E-state index contributed by atoms with van der Waals surface area (Å²) in [6.45, 7) is 1.84. The van der Waals surface area contributed by atoms with Gasteiger partial charge in [-0.15, -0.1) is 0 Å². The highest BCUT2D eigenvalue weighted by Crippen LogP contribution is 2.32. The minimum atomic E-state index is 0.341. The van der Waals surface area contributed by atoms with Crippen molar-refractivity contribution in [3.8, 4) is 0 Å². The van der Waals surface area contributed by atoms with Gasteiger partial charge in [-0.25, -0.2) is 19.9 Å². The Kier molecular flexibility index (Phi) is 4.40. The molecular formula is C17H18N8. The van der Waals surface area contributed by atoms with Crippen molar-refractivity contribution in [3.05, 3.63) is 55.1 Å². The molecule has 126 valence electrons. The summed E-state index contributed by atoms with van der Waals surface area (Å²) in [5.74, 6) is 2.52. The SMILES string of the molecule is c1cnc(Nc2nccnc2C2CCN(c3cnccn3)CC2)nc1. The summed E-state index contributed by atoms with van der Waals surface area (Å²) in [6.07, 6.45) is 14.0. The molecule has 8 nitrogen and oxygen atoms in total. The smallest absolute Gasteiger partial charge is 0.228 e. The molecular weight excluding hydrogens is 316 g/mol. The van der Waals surface area contributed by atoms with Crippen LogP contribution in [0.2, 0.25) is 0 Å². The number of nitrogens with one attached hydrogen (secondary N) is 1. The van der Waals surface area contributed by atoms with Gasteiger partial charge in [-0.1, -0.05) is 0 Å². The summed E-state index contributed by atoms with van der Waals surface area (Å²) in [4.78, 5) is 28.2. The Labute approximate surface area is 145 Å². The molecule has 0 unspecified atom stereocenters. The van der Waals surface area contributed by atoms with Crippen LogP contribution in [0.3, 0.4) is 0 Å². The lowest BCUT2D eigenvalue weighted by atomic mass is 9.93. The molecule has 0 aliphatic carbocycles. The topological polar surface area (TPSA) is 92.6 Å². The Morgan fingerprint density at radius 3 is 2.36 bits per heavy atom. The van der Waals surface area contributed by atoms with Crippen LogP contribution in [0.4, 0.5) is 17.6 Å². The van der Waals surface area contributed by atoms with Gasteiger partial charge < -0.3 is 10.2 Å². The Morgan fingerprint density at radius 2 is 1.60 bits per heavy atom. The van der Waals surface area contributed by atoms with Crippen LogP contribution in [0.5, 0.6) is 0 Å². The molecule has 3 aromatic heterocycles. The van der Waals surface area contributed by atoms with Crippen molar-refractivity contribution >= 4 is 17.6 Å². The van der Waals surface area contributed by atoms with Crippen molar-refractivity contribution in [1.29, 1.82) is 0 Å². The van der Waals surface area contributed by atoms with Crippen molar-refractivity contribution < 1.29 is 0 Å². The Morgan fingerprint density at radius 1 is 0.840 bits per heavy atom. The summed E-state index contributed by atoms with van der Waals surface area (Å²) >= 11 is 0. The average molecular weight is 334 g/mol. The quantitative estimate of drug-likeness (QED) is 0.776. The molecule has 1 aliphatic rings. The molecule has 1 N–H and O–H groups in total. The molecule has 25 heavy (non-hydrogen) atoms. The largest absolute Gasteiger partial charge is 0.355 e. The van der Waals surface area contributed by atoms with Crippen LogP contribution in [0.25, 0.3) is 0 Å².